The fraction of sp³-hybridized carbons (Fsp3) is 0.286. The Labute approximate surface area is 77.6 Å². The van der Waals surface area contributed by atoms with E-state index >= 15 is 0 Å². The molecule has 2 N–H and O–H groups in total. The van der Waals surface area contributed by atoms with Gasteiger partial charge in [0.15, 0.2) is 5.65 Å². The standard InChI is InChI=1S/C7H7F2N5/c8-5(9)2-10-6-4-1-13-14-7(4)12-3-11-6/h1,3,5H,2H2,(H2,10,11,12,13,14). The van der Waals surface area contributed by atoms with Crippen LogP contribution in [0.5, 0.6) is 0 Å². The zero-order valence-electron chi connectivity index (χ0n) is 7.04. The molecule has 0 aromatic carbocycles. The fourth-order valence-electron chi connectivity index (χ4n) is 1.08. The van der Waals surface area contributed by atoms with Crippen LogP contribution in [0.3, 0.4) is 0 Å². The molecule has 0 radical (unpaired) electrons. The van der Waals surface area contributed by atoms with E-state index < -0.39 is 13.0 Å². The molecule has 0 atom stereocenters. The van der Waals surface area contributed by atoms with Gasteiger partial charge >= 0.3 is 0 Å². The number of aromatic amines is 1. The van der Waals surface area contributed by atoms with E-state index in [1.54, 1.807) is 0 Å². The summed E-state index contributed by atoms with van der Waals surface area (Å²) < 4.78 is 23.8. The summed E-state index contributed by atoms with van der Waals surface area (Å²) >= 11 is 0. The number of anilines is 1. The highest BCUT2D eigenvalue weighted by molar-refractivity contribution is 5.85. The molecule has 0 aliphatic heterocycles. The highest BCUT2D eigenvalue weighted by Gasteiger charge is 2.07. The lowest BCUT2D eigenvalue weighted by molar-refractivity contribution is 0.163. The molecule has 0 bridgehead atoms. The number of rotatable bonds is 3. The molecule has 7 heteroatoms. The van der Waals surface area contributed by atoms with E-state index in [0.717, 1.165) is 0 Å². The molecule has 2 aromatic rings. The van der Waals surface area contributed by atoms with Crippen LogP contribution in [0.2, 0.25) is 0 Å². The normalized spacial score (nSPS) is 11.1. The van der Waals surface area contributed by atoms with Crippen molar-refractivity contribution in [2.75, 3.05) is 11.9 Å². The molecule has 0 saturated carbocycles. The molecule has 2 rings (SSSR count). The second kappa shape index (κ2) is 3.52. The van der Waals surface area contributed by atoms with E-state index in [2.05, 4.69) is 25.5 Å². The van der Waals surface area contributed by atoms with Crippen LogP contribution in [-0.2, 0) is 0 Å². The number of fused-ring (bicyclic) bond motifs is 1. The number of halogens is 2. The van der Waals surface area contributed by atoms with Crippen LogP contribution in [-0.4, -0.2) is 33.1 Å². The number of H-pyrrole nitrogens is 1. The molecule has 0 aliphatic carbocycles. The van der Waals surface area contributed by atoms with Crippen LogP contribution >= 0.6 is 0 Å². The lowest BCUT2D eigenvalue weighted by Gasteiger charge is -2.03. The second-order valence-electron chi connectivity index (χ2n) is 2.63. The molecular weight excluding hydrogens is 192 g/mol. The topological polar surface area (TPSA) is 66.5 Å². The minimum absolute atomic E-state index is 0.365. The Hall–Kier alpha value is -1.79. The van der Waals surface area contributed by atoms with Crippen LogP contribution < -0.4 is 5.32 Å². The summed E-state index contributed by atoms with van der Waals surface area (Å²) in [5, 5.41) is 9.47. The third-order valence-electron chi connectivity index (χ3n) is 1.67. The molecule has 0 aliphatic rings. The van der Waals surface area contributed by atoms with E-state index in [9.17, 15) is 8.78 Å². The third-order valence-corrected chi connectivity index (χ3v) is 1.67. The minimum atomic E-state index is -2.41. The number of hydrogen-bond acceptors (Lipinski definition) is 4. The summed E-state index contributed by atoms with van der Waals surface area (Å²) in [7, 11) is 0. The molecule has 74 valence electrons. The van der Waals surface area contributed by atoms with Crippen molar-refractivity contribution in [2.24, 2.45) is 0 Å². The molecule has 2 aromatic heterocycles. The highest BCUT2D eigenvalue weighted by atomic mass is 19.3. The van der Waals surface area contributed by atoms with Gasteiger partial charge in [-0.1, -0.05) is 0 Å². The van der Waals surface area contributed by atoms with Gasteiger partial charge in [-0.25, -0.2) is 18.7 Å². The van der Waals surface area contributed by atoms with Gasteiger partial charge < -0.3 is 5.32 Å². The van der Waals surface area contributed by atoms with E-state index in [4.69, 9.17) is 0 Å². The first-order valence-electron chi connectivity index (χ1n) is 3.93. The number of aromatic nitrogens is 4. The maximum Gasteiger partial charge on any atom is 0.255 e. The van der Waals surface area contributed by atoms with Gasteiger partial charge in [0.2, 0.25) is 0 Å². The maximum atomic E-state index is 11.9. The Morgan fingerprint density at radius 3 is 3.07 bits per heavy atom. The zero-order valence-corrected chi connectivity index (χ0v) is 7.04. The van der Waals surface area contributed by atoms with Crippen LogP contribution in [0.4, 0.5) is 14.6 Å². The van der Waals surface area contributed by atoms with Gasteiger partial charge in [-0.05, 0) is 0 Å². The Morgan fingerprint density at radius 2 is 2.29 bits per heavy atom. The van der Waals surface area contributed by atoms with Crippen molar-refractivity contribution < 1.29 is 8.78 Å². The maximum absolute atomic E-state index is 11.9. The summed E-state index contributed by atoms with van der Waals surface area (Å²) in [4.78, 5) is 7.71. The van der Waals surface area contributed by atoms with Crippen LogP contribution in [0, 0.1) is 0 Å². The Kier molecular flexibility index (Phi) is 2.21. The summed E-state index contributed by atoms with van der Waals surface area (Å²) in [6.07, 6.45) is 0.365. The number of alkyl halides is 2. The van der Waals surface area contributed by atoms with Crippen molar-refractivity contribution in [3.05, 3.63) is 12.5 Å². The summed E-state index contributed by atoms with van der Waals surface area (Å²) in [6, 6.07) is 0. The molecule has 0 unspecified atom stereocenters. The Balaban J connectivity index is 2.27. The molecule has 0 amide bonds. The first kappa shape index (κ1) is 8.79. The quantitative estimate of drug-likeness (QED) is 0.774. The van der Waals surface area contributed by atoms with Gasteiger partial charge in [0, 0.05) is 0 Å². The first-order chi connectivity index (χ1) is 6.77. The average Bonchev–Trinajstić information content (AvgIpc) is 2.62. The lowest BCUT2D eigenvalue weighted by Crippen LogP contribution is -2.11. The zero-order chi connectivity index (χ0) is 9.97. The summed E-state index contributed by atoms with van der Waals surface area (Å²) in [5.41, 5.74) is 0.525. The van der Waals surface area contributed by atoms with Crippen molar-refractivity contribution in [1.29, 1.82) is 0 Å². The van der Waals surface area contributed by atoms with E-state index in [1.165, 1.54) is 12.5 Å². The van der Waals surface area contributed by atoms with Crippen molar-refractivity contribution in [1.82, 2.24) is 20.2 Å². The summed E-state index contributed by atoms with van der Waals surface area (Å²) in [6.45, 7) is -0.433. The summed E-state index contributed by atoms with van der Waals surface area (Å²) in [5.74, 6) is 0.365. The van der Waals surface area contributed by atoms with Gasteiger partial charge in [-0.15, -0.1) is 0 Å². The highest BCUT2D eigenvalue weighted by Crippen LogP contribution is 2.15. The van der Waals surface area contributed by atoms with Crippen molar-refractivity contribution in [3.63, 3.8) is 0 Å². The van der Waals surface area contributed by atoms with E-state index in [1.807, 2.05) is 0 Å². The van der Waals surface area contributed by atoms with Gasteiger partial charge in [0.25, 0.3) is 6.43 Å². The van der Waals surface area contributed by atoms with Crippen LogP contribution in [0.1, 0.15) is 0 Å². The second-order valence-corrected chi connectivity index (χ2v) is 2.63. The number of nitrogens with zero attached hydrogens (tertiary/aromatic N) is 3. The predicted molar refractivity (Wildman–Crippen MR) is 46.2 cm³/mol. The molecular formula is C7H7F2N5. The number of nitrogens with one attached hydrogen (secondary N) is 2. The predicted octanol–water partition coefficient (Wildman–Crippen LogP) is 1.03. The number of hydrogen-bond donors (Lipinski definition) is 2. The van der Waals surface area contributed by atoms with Gasteiger partial charge in [-0.3, -0.25) is 5.10 Å². The van der Waals surface area contributed by atoms with Crippen LogP contribution in [0.25, 0.3) is 11.0 Å². The first-order valence-corrected chi connectivity index (χ1v) is 3.93. The monoisotopic (exact) mass is 199 g/mol. The largest absolute Gasteiger partial charge is 0.364 e. The fourth-order valence-corrected chi connectivity index (χ4v) is 1.08. The lowest BCUT2D eigenvalue weighted by atomic mass is 10.4. The third kappa shape index (κ3) is 1.61. The minimum Gasteiger partial charge on any atom is -0.364 e. The van der Waals surface area contributed by atoms with Crippen molar-refractivity contribution in [2.45, 2.75) is 6.43 Å². The van der Waals surface area contributed by atoms with Crippen molar-refractivity contribution >= 4 is 16.9 Å². The van der Waals surface area contributed by atoms with E-state index in [-0.39, 0.29) is 0 Å². The molecule has 0 saturated heterocycles. The van der Waals surface area contributed by atoms with E-state index in [0.29, 0.717) is 16.9 Å². The molecule has 0 fully saturated rings. The van der Waals surface area contributed by atoms with Gasteiger partial charge in [0.1, 0.15) is 12.1 Å². The Bertz CT molecular complexity index is 427. The van der Waals surface area contributed by atoms with Crippen molar-refractivity contribution in [3.8, 4) is 0 Å². The smallest absolute Gasteiger partial charge is 0.255 e. The molecule has 14 heavy (non-hydrogen) atoms. The van der Waals surface area contributed by atoms with Crippen LogP contribution in [0.15, 0.2) is 12.5 Å². The average molecular weight is 199 g/mol. The Morgan fingerprint density at radius 1 is 1.43 bits per heavy atom. The van der Waals surface area contributed by atoms with Gasteiger partial charge in [0.05, 0.1) is 18.1 Å². The molecule has 0 spiro atoms. The SMILES string of the molecule is FC(F)CNc1ncnc2[nH]ncc12. The molecule has 2 heterocycles. The van der Waals surface area contributed by atoms with Gasteiger partial charge in [-0.2, -0.15) is 5.10 Å². The molecule has 5 nitrogen and oxygen atoms in total.